The Morgan fingerprint density at radius 1 is 0.982 bits per heavy atom. The third-order valence-corrected chi connectivity index (χ3v) is 11.5. The van der Waals surface area contributed by atoms with Gasteiger partial charge in [-0.05, 0) is 86.7 Å². The van der Waals surface area contributed by atoms with Gasteiger partial charge in [0.2, 0.25) is 0 Å². The Kier molecular flexibility index (Phi) is 11.8. The molecule has 0 N–H and O–H groups in total. The molecule has 0 aliphatic carbocycles. The van der Waals surface area contributed by atoms with Gasteiger partial charge in [-0.3, -0.25) is 9.36 Å². The fourth-order valence-corrected chi connectivity index (χ4v) is 8.79. The molecule has 0 saturated heterocycles. The first-order valence-electron chi connectivity index (χ1n) is 18.3. The number of thioether (sulfide) groups is 1. The summed E-state index contributed by atoms with van der Waals surface area (Å²) in [6.45, 7) is 6.53. The number of aromatic nitrogens is 5. The van der Waals surface area contributed by atoms with E-state index in [9.17, 15) is 9.18 Å². The van der Waals surface area contributed by atoms with E-state index < -0.39 is 17.6 Å². The van der Waals surface area contributed by atoms with Gasteiger partial charge in [0.1, 0.15) is 11.4 Å². The number of rotatable bonds is 7. The van der Waals surface area contributed by atoms with Gasteiger partial charge >= 0.3 is 5.97 Å². The van der Waals surface area contributed by atoms with E-state index in [1.165, 1.54) is 7.11 Å². The number of benzene rings is 3. The SMILES string of the molecule is COCCOCCn1nc(C)c2c1CSCc1cc(n(C)n1)CCc1cc(c3ccc(F)c(F)c3c1)OCCCn1c(C(=O)OC)c(C)c3c-2c(Cl)ccc31. The molecule has 1 aliphatic rings. The Bertz CT molecular complexity index is 2390. The Hall–Kier alpha value is -4.43. The molecule has 290 valence electrons. The van der Waals surface area contributed by atoms with Crippen LogP contribution in [0.2, 0.25) is 5.02 Å². The number of nitrogens with zero attached hydrogens (tertiary/aromatic N) is 5. The molecule has 0 fully saturated rings. The average Bonchev–Trinajstić information content (AvgIpc) is 3.78. The first-order valence-corrected chi connectivity index (χ1v) is 19.8. The lowest BCUT2D eigenvalue weighted by Gasteiger charge is -2.15. The van der Waals surface area contributed by atoms with E-state index in [1.807, 2.05) is 53.0 Å². The monoisotopic (exact) mass is 791 g/mol. The quantitative estimate of drug-likeness (QED) is 0.118. The first-order chi connectivity index (χ1) is 26.6. The maximum atomic E-state index is 15.2. The number of methoxy groups -OCH3 is 2. The van der Waals surface area contributed by atoms with Gasteiger partial charge in [0, 0.05) is 75.7 Å². The Morgan fingerprint density at radius 3 is 2.62 bits per heavy atom. The third-order valence-electron chi connectivity index (χ3n) is 10.2. The molecule has 55 heavy (non-hydrogen) atoms. The zero-order chi connectivity index (χ0) is 38.8. The summed E-state index contributed by atoms with van der Waals surface area (Å²) in [7, 11) is 4.94. The Morgan fingerprint density at radius 2 is 1.82 bits per heavy atom. The summed E-state index contributed by atoms with van der Waals surface area (Å²) in [6.07, 6.45) is 1.71. The molecule has 10 nitrogen and oxygen atoms in total. The first kappa shape index (κ1) is 38.8. The molecule has 3 aromatic carbocycles. The standard InChI is InChI=1S/C41H44ClF2N5O5S/c1-24-36-33-12-10-31(42)38(36)37-25(2)45-49(14-16-53-18-17-51-4)34(37)23-55-22-27-21-28(47(3)46-27)8-7-26-19-30-29(9-11-32(43)39(30)44)35(20-26)54-15-6-13-48(33)40(24)41(50)52-5/h9-12,19-21H,6-8,13-18,22-23H2,1-5H3. The molecule has 8 bridgehead atoms. The topological polar surface area (TPSA) is 94.6 Å². The number of hydrogen-bond donors (Lipinski definition) is 0. The highest BCUT2D eigenvalue weighted by Crippen LogP contribution is 2.43. The normalized spacial score (nSPS) is 13.9. The molecule has 0 amide bonds. The summed E-state index contributed by atoms with van der Waals surface area (Å²) in [5.74, 6) is -0.561. The summed E-state index contributed by atoms with van der Waals surface area (Å²) < 4.78 is 58.1. The van der Waals surface area contributed by atoms with Gasteiger partial charge in [0.25, 0.3) is 0 Å². The number of carbonyl (C=O) groups excluding carboxylic acids is 1. The molecule has 7 rings (SSSR count). The molecular weight excluding hydrogens is 748 g/mol. The van der Waals surface area contributed by atoms with Crippen molar-refractivity contribution in [2.24, 2.45) is 7.05 Å². The zero-order valence-electron chi connectivity index (χ0n) is 31.6. The molecular formula is C41H44ClF2N5O5S. The Balaban J connectivity index is 1.35. The Labute approximate surface area is 327 Å². The second kappa shape index (κ2) is 16.7. The molecule has 6 aromatic rings. The molecule has 0 saturated carbocycles. The lowest BCUT2D eigenvalue weighted by molar-refractivity contribution is 0.0587. The maximum Gasteiger partial charge on any atom is 0.354 e. The van der Waals surface area contributed by atoms with Gasteiger partial charge in [0.15, 0.2) is 11.6 Å². The minimum atomic E-state index is -0.910. The van der Waals surface area contributed by atoms with Crippen molar-refractivity contribution >= 4 is 51.0 Å². The second-order valence-electron chi connectivity index (χ2n) is 13.7. The molecule has 3 aromatic heterocycles. The second-order valence-corrected chi connectivity index (χ2v) is 15.1. The summed E-state index contributed by atoms with van der Waals surface area (Å²) in [5, 5.41) is 11.9. The highest BCUT2D eigenvalue weighted by Gasteiger charge is 2.28. The van der Waals surface area contributed by atoms with Crippen molar-refractivity contribution in [2.75, 3.05) is 40.6 Å². The summed E-state index contributed by atoms with van der Waals surface area (Å²) in [5.41, 5.74) is 8.28. The van der Waals surface area contributed by atoms with Crippen LogP contribution in [0, 0.1) is 25.5 Å². The van der Waals surface area contributed by atoms with Gasteiger partial charge in [-0.1, -0.05) is 11.6 Å². The lowest BCUT2D eigenvalue weighted by Crippen LogP contribution is -2.13. The number of carbonyl (C=O) groups is 1. The fourth-order valence-electron chi connectivity index (χ4n) is 7.59. The van der Waals surface area contributed by atoms with Crippen LogP contribution in [0.1, 0.15) is 50.8 Å². The van der Waals surface area contributed by atoms with Gasteiger partial charge < -0.3 is 23.5 Å². The summed E-state index contributed by atoms with van der Waals surface area (Å²) >= 11 is 8.86. The molecule has 4 heterocycles. The molecule has 0 radical (unpaired) electrons. The van der Waals surface area contributed by atoms with Crippen molar-refractivity contribution in [1.29, 1.82) is 0 Å². The van der Waals surface area contributed by atoms with E-state index in [-0.39, 0.29) is 12.0 Å². The fraction of sp³-hybridized carbons (Fsp3) is 0.390. The number of halogens is 3. The van der Waals surface area contributed by atoms with Gasteiger partial charge in [-0.2, -0.15) is 10.2 Å². The maximum absolute atomic E-state index is 15.2. The van der Waals surface area contributed by atoms with Crippen molar-refractivity contribution in [3.63, 3.8) is 0 Å². The van der Waals surface area contributed by atoms with Crippen LogP contribution >= 0.6 is 23.4 Å². The van der Waals surface area contributed by atoms with E-state index in [0.717, 1.165) is 62.0 Å². The predicted octanol–water partition coefficient (Wildman–Crippen LogP) is 8.39. The minimum absolute atomic E-state index is 0.173. The van der Waals surface area contributed by atoms with Crippen LogP contribution < -0.4 is 4.74 Å². The third kappa shape index (κ3) is 7.72. The average molecular weight is 792 g/mol. The smallest absolute Gasteiger partial charge is 0.354 e. The van der Waals surface area contributed by atoms with Gasteiger partial charge in [-0.25, -0.2) is 13.6 Å². The number of ether oxygens (including phenoxy) is 4. The van der Waals surface area contributed by atoms with E-state index in [1.54, 1.807) is 31.0 Å². The van der Waals surface area contributed by atoms with Crippen LogP contribution in [-0.2, 0) is 58.7 Å². The molecule has 1 aliphatic heterocycles. The molecule has 0 unspecified atom stereocenters. The number of hydrogen-bond acceptors (Lipinski definition) is 8. The zero-order valence-corrected chi connectivity index (χ0v) is 33.2. The van der Waals surface area contributed by atoms with Crippen molar-refractivity contribution in [1.82, 2.24) is 24.1 Å². The van der Waals surface area contributed by atoms with Crippen LogP contribution in [0.25, 0.3) is 32.8 Å². The van der Waals surface area contributed by atoms with Crippen LogP contribution in [0.3, 0.4) is 0 Å². The number of fused-ring (bicyclic) bond motifs is 8. The van der Waals surface area contributed by atoms with Crippen LogP contribution in [0.15, 0.2) is 42.5 Å². The largest absolute Gasteiger partial charge is 0.493 e. The van der Waals surface area contributed by atoms with Crippen LogP contribution in [-0.4, -0.2) is 70.7 Å². The summed E-state index contributed by atoms with van der Waals surface area (Å²) in [6, 6.07) is 12.2. The molecule has 0 atom stereocenters. The highest BCUT2D eigenvalue weighted by atomic mass is 35.5. The van der Waals surface area contributed by atoms with E-state index in [2.05, 4.69) is 6.07 Å². The number of aryl methyl sites for hydroxylation is 6. The molecule has 0 spiro atoms. The minimum Gasteiger partial charge on any atom is -0.493 e. The van der Waals surface area contributed by atoms with E-state index in [4.69, 9.17) is 40.7 Å². The van der Waals surface area contributed by atoms with E-state index in [0.29, 0.717) is 85.5 Å². The van der Waals surface area contributed by atoms with Gasteiger partial charge in [0.05, 0.1) is 57.2 Å². The van der Waals surface area contributed by atoms with Crippen molar-refractivity contribution in [3.8, 4) is 16.9 Å². The van der Waals surface area contributed by atoms with Gasteiger partial charge in [-0.15, -0.1) is 11.8 Å². The van der Waals surface area contributed by atoms with Crippen LogP contribution in [0.4, 0.5) is 8.78 Å². The molecule has 14 heteroatoms. The highest BCUT2D eigenvalue weighted by molar-refractivity contribution is 7.97. The van der Waals surface area contributed by atoms with Crippen molar-refractivity contribution in [2.45, 2.75) is 57.7 Å². The van der Waals surface area contributed by atoms with Crippen molar-refractivity contribution in [3.05, 3.63) is 98.7 Å². The van der Waals surface area contributed by atoms with Crippen molar-refractivity contribution < 1.29 is 32.5 Å². The summed E-state index contributed by atoms with van der Waals surface area (Å²) in [4.78, 5) is 13.5. The van der Waals surface area contributed by atoms with Crippen LogP contribution in [0.5, 0.6) is 5.75 Å². The number of esters is 1. The predicted molar refractivity (Wildman–Crippen MR) is 211 cm³/mol. The lowest BCUT2D eigenvalue weighted by atomic mass is 9.97. The van der Waals surface area contributed by atoms with E-state index >= 15 is 4.39 Å².